The van der Waals surface area contributed by atoms with Crippen LogP contribution >= 0.6 is 11.6 Å². The third-order valence-electron chi connectivity index (χ3n) is 13.0. The number of carbonyl (C=O) groups excluding carboxylic acids is 5. The first-order valence-corrected chi connectivity index (χ1v) is 27.7. The maximum Gasteiger partial charge on any atom is 0.407 e. The number of hydrogen-bond acceptors (Lipinski definition) is 16. The van der Waals surface area contributed by atoms with Crippen molar-refractivity contribution in [3.63, 3.8) is 0 Å². The van der Waals surface area contributed by atoms with E-state index < -0.39 is 41.5 Å². The van der Waals surface area contributed by atoms with E-state index >= 15 is 0 Å². The van der Waals surface area contributed by atoms with Crippen molar-refractivity contribution in [2.45, 2.75) is 90.5 Å². The summed E-state index contributed by atoms with van der Waals surface area (Å²) < 4.78 is 50.4. The van der Waals surface area contributed by atoms with Gasteiger partial charge < -0.3 is 79.5 Å². The van der Waals surface area contributed by atoms with Gasteiger partial charge in [0.2, 0.25) is 23.5 Å². The van der Waals surface area contributed by atoms with Gasteiger partial charge in [-0.2, -0.15) is 0 Å². The lowest BCUT2D eigenvalue weighted by Crippen LogP contribution is -2.54. The van der Waals surface area contributed by atoms with Crippen LogP contribution < -0.4 is 50.8 Å². The van der Waals surface area contributed by atoms with E-state index in [9.17, 15) is 24.0 Å². The number of alkyl halides is 1. The van der Waals surface area contributed by atoms with Crippen LogP contribution in [0, 0.1) is 5.92 Å². The number of ether oxygens (including phenoxy) is 9. The van der Waals surface area contributed by atoms with Crippen molar-refractivity contribution >= 4 is 74.5 Å². The molecule has 1 aliphatic heterocycles. The van der Waals surface area contributed by atoms with E-state index in [2.05, 4.69) is 26.3 Å². The number of halogens is 1. The minimum atomic E-state index is -1.00. The van der Waals surface area contributed by atoms with E-state index in [-0.39, 0.29) is 62.8 Å². The van der Waals surface area contributed by atoms with Crippen molar-refractivity contribution in [1.29, 1.82) is 0 Å². The number of benzene rings is 3. The summed E-state index contributed by atoms with van der Waals surface area (Å²) >= 11 is 6.60. The number of H-pyrrole nitrogens is 1. The molecule has 81 heavy (non-hydrogen) atoms. The topological polar surface area (TPSA) is 274 Å². The lowest BCUT2D eigenvalue weighted by molar-refractivity contribution is -0.132. The monoisotopic (exact) mass is 1150 g/mol. The number of nitrogens with two attached hydrogens (primary N) is 1. The molecule has 1 aliphatic rings. The Hall–Kier alpha value is -6.95. The molecular weight excluding hydrogens is 1070 g/mol. The van der Waals surface area contributed by atoms with Gasteiger partial charge in [-0.1, -0.05) is 32.0 Å². The molecule has 3 atom stereocenters. The molecule has 3 heterocycles. The van der Waals surface area contributed by atoms with Gasteiger partial charge in [0, 0.05) is 66.6 Å². The number of anilines is 2. The van der Waals surface area contributed by atoms with E-state index in [4.69, 9.17) is 65.0 Å². The van der Waals surface area contributed by atoms with Gasteiger partial charge in [0.1, 0.15) is 41.3 Å². The zero-order valence-corrected chi connectivity index (χ0v) is 48.4. The predicted octanol–water partition coefficient (Wildman–Crippen LogP) is 6.98. The molecule has 7 N–H and O–H groups in total. The number of methoxy groups -OCH3 is 3. The van der Waals surface area contributed by atoms with Crippen molar-refractivity contribution in [3.8, 4) is 23.0 Å². The van der Waals surface area contributed by atoms with Crippen molar-refractivity contribution in [1.82, 2.24) is 25.9 Å². The van der Waals surface area contributed by atoms with Crippen molar-refractivity contribution in [3.05, 3.63) is 77.6 Å². The first-order chi connectivity index (χ1) is 39.0. The third-order valence-corrected chi connectivity index (χ3v) is 13.4. The molecule has 0 bridgehead atoms. The van der Waals surface area contributed by atoms with Gasteiger partial charge >= 0.3 is 6.09 Å². The van der Waals surface area contributed by atoms with E-state index in [1.165, 1.54) is 21.3 Å². The Balaban J connectivity index is 1.09. The van der Waals surface area contributed by atoms with Crippen LogP contribution in [0.15, 0.2) is 60.8 Å². The molecular formula is C58H79ClN8O14. The Morgan fingerprint density at radius 1 is 0.815 bits per heavy atom. The Morgan fingerprint density at radius 3 is 2.12 bits per heavy atom. The Bertz CT molecular complexity index is 2880. The van der Waals surface area contributed by atoms with Crippen LogP contribution in [0.5, 0.6) is 23.0 Å². The first-order valence-electron chi connectivity index (χ1n) is 27.2. The van der Waals surface area contributed by atoms with E-state index in [1.54, 1.807) is 70.0 Å². The number of fused-ring (bicyclic) bond motifs is 4. The highest BCUT2D eigenvalue weighted by Crippen LogP contribution is 2.47. The van der Waals surface area contributed by atoms with Gasteiger partial charge in [-0.05, 0) is 87.4 Å². The molecule has 5 amide bonds. The Morgan fingerprint density at radius 2 is 1.49 bits per heavy atom. The van der Waals surface area contributed by atoms with Crippen LogP contribution in [-0.4, -0.2) is 157 Å². The molecule has 3 aromatic carbocycles. The second kappa shape index (κ2) is 31.3. The largest absolute Gasteiger partial charge is 0.493 e. The van der Waals surface area contributed by atoms with Crippen LogP contribution in [0.25, 0.3) is 21.8 Å². The molecule has 1 unspecified atom stereocenters. The first kappa shape index (κ1) is 63.2. The molecule has 0 saturated heterocycles. The molecule has 2 aromatic heterocycles. The number of unbranched alkanes of at least 4 members (excludes halogenated alkanes) is 1. The van der Waals surface area contributed by atoms with Gasteiger partial charge in [-0.3, -0.25) is 24.2 Å². The van der Waals surface area contributed by atoms with Crippen LogP contribution in [0.2, 0.25) is 0 Å². The smallest absolute Gasteiger partial charge is 0.407 e. The number of aromatic nitrogens is 2. The minimum absolute atomic E-state index is 0.00420. The van der Waals surface area contributed by atoms with Crippen LogP contribution in [0.1, 0.15) is 87.8 Å². The summed E-state index contributed by atoms with van der Waals surface area (Å²) in [4.78, 5) is 77.4. The second-order valence-electron chi connectivity index (χ2n) is 20.5. The summed E-state index contributed by atoms with van der Waals surface area (Å²) in [5.41, 5.74) is 9.00. The minimum Gasteiger partial charge on any atom is -0.493 e. The summed E-state index contributed by atoms with van der Waals surface area (Å²) in [6, 6.07) is 14.3. The fourth-order valence-corrected chi connectivity index (χ4v) is 9.35. The highest BCUT2D eigenvalue weighted by atomic mass is 35.5. The lowest BCUT2D eigenvalue weighted by Gasteiger charge is -2.25. The van der Waals surface area contributed by atoms with Crippen LogP contribution in [0.3, 0.4) is 0 Å². The highest BCUT2D eigenvalue weighted by Gasteiger charge is 2.37. The van der Waals surface area contributed by atoms with Crippen molar-refractivity contribution in [2.24, 2.45) is 11.7 Å². The fourth-order valence-electron chi connectivity index (χ4n) is 9.10. The SMILES string of the molecule is COc1cc2cc(C(=O)N3CC(CCl)c4c3cc(OCc3ccc(NC(=O)[C@H](CCCCNC(=O)OC(C)(C)C)NC(=O)[C@@H](NC(=O)CCOCCOCCOCCOCCN)C(C)C)cc3)c3ncccc43)[nH]c2c(OC)c1OC. The number of nitrogens with one attached hydrogen (secondary N) is 5. The standard InChI is InChI=1S/C58H79ClN8O14/c1-36(2)49(66-47(68)18-22-76-24-26-78-28-29-79-27-25-77-23-19-60)55(70)65-42(13-9-10-20-62-57(72)81-58(3,4)5)54(69)63-40-16-14-37(15-17-40)35-80-45-32-44-48(41-12-11-21-61-51(41)45)39(33-59)34-67(44)56(71)43-30-38-31-46(73-6)52(74-7)53(75-8)50(38)64-43/h11-12,14-17,21,30-32,36,39,42,49,64H,9-10,13,18-20,22-29,33-35,60H2,1-8H3,(H,62,72)(H,63,69)(H,65,70)(H,66,68)/t39?,42-,49-/m0/s1. The molecule has 23 heteroatoms. The zero-order chi connectivity index (χ0) is 58.5. The summed E-state index contributed by atoms with van der Waals surface area (Å²) in [7, 11) is 4.57. The Labute approximate surface area is 478 Å². The molecule has 442 valence electrons. The van der Waals surface area contributed by atoms with Gasteiger partial charge in [0.25, 0.3) is 5.91 Å². The molecule has 0 radical (unpaired) electrons. The van der Waals surface area contributed by atoms with E-state index in [1.807, 2.05) is 30.3 Å². The maximum absolute atomic E-state index is 14.5. The van der Waals surface area contributed by atoms with Crippen LogP contribution in [0.4, 0.5) is 16.2 Å². The number of carbonyl (C=O) groups is 5. The third kappa shape index (κ3) is 18.0. The molecule has 5 aromatic rings. The fraction of sp³-hybridized carbons (Fsp3) is 0.517. The predicted molar refractivity (Wildman–Crippen MR) is 308 cm³/mol. The molecule has 0 saturated carbocycles. The van der Waals surface area contributed by atoms with Crippen molar-refractivity contribution < 1.29 is 66.6 Å². The molecule has 6 rings (SSSR count). The Kier molecular flexibility index (Phi) is 24.4. The highest BCUT2D eigenvalue weighted by molar-refractivity contribution is 6.19. The number of hydrogen-bond donors (Lipinski definition) is 6. The molecule has 22 nitrogen and oxygen atoms in total. The summed E-state index contributed by atoms with van der Waals surface area (Å²) in [6.07, 6.45) is 2.30. The van der Waals surface area contributed by atoms with Crippen LogP contribution in [-0.2, 0) is 44.7 Å². The number of amides is 5. The van der Waals surface area contributed by atoms with E-state index in [0.717, 1.165) is 16.5 Å². The second-order valence-corrected chi connectivity index (χ2v) is 20.8. The average molecular weight is 1150 g/mol. The number of alkyl carbamates (subject to hydrolysis) is 1. The molecule has 0 spiro atoms. The molecule has 0 aliphatic carbocycles. The quantitative estimate of drug-likeness (QED) is 0.0183. The van der Waals surface area contributed by atoms with Gasteiger partial charge in [0.05, 0.1) is 85.4 Å². The van der Waals surface area contributed by atoms with E-state index in [0.29, 0.717) is 122 Å². The number of nitrogens with zero attached hydrogens (tertiary/aromatic N) is 2. The number of rotatable bonds is 33. The number of pyridine rings is 1. The summed E-state index contributed by atoms with van der Waals surface area (Å²) in [5.74, 6) is -0.235. The summed E-state index contributed by atoms with van der Waals surface area (Å²) in [6.45, 7) is 13.0. The summed E-state index contributed by atoms with van der Waals surface area (Å²) in [5, 5.41) is 12.8. The average Bonchev–Trinajstić information content (AvgIpc) is 4.06. The van der Waals surface area contributed by atoms with Gasteiger partial charge in [-0.15, -0.1) is 11.6 Å². The maximum atomic E-state index is 14.5. The zero-order valence-electron chi connectivity index (χ0n) is 47.7. The lowest BCUT2D eigenvalue weighted by atomic mass is 9.97. The van der Waals surface area contributed by atoms with Gasteiger partial charge in [-0.25, -0.2) is 4.79 Å². The molecule has 0 fully saturated rings. The number of aromatic amines is 1. The normalized spacial score (nSPS) is 13.9. The van der Waals surface area contributed by atoms with Crippen molar-refractivity contribution in [2.75, 3.05) is 110 Å². The van der Waals surface area contributed by atoms with Gasteiger partial charge in [0.15, 0.2) is 11.5 Å².